The molecule has 246 valence electrons. The third kappa shape index (κ3) is 28.1. The number of phosphoric ester groups is 1. The fourth-order valence-corrected chi connectivity index (χ4v) is 5.52. The Morgan fingerprint density at radius 1 is 0.756 bits per heavy atom. The van der Waals surface area contributed by atoms with Crippen LogP contribution in [0.25, 0.3) is 0 Å². The number of carbonyl (C=O) groups excluding carboxylic acids is 1. The lowest BCUT2D eigenvalue weighted by atomic mass is 10.0. The molecule has 3 atom stereocenters. The first-order valence-electron chi connectivity index (χ1n) is 16.9. The van der Waals surface area contributed by atoms with Gasteiger partial charge in [-0.25, -0.2) is 0 Å². The molecule has 0 aliphatic heterocycles. The Balaban J connectivity index is 4.13. The summed E-state index contributed by atoms with van der Waals surface area (Å²) in [5, 5.41) is 13.5. The summed E-state index contributed by atoms with van der Waals surface area (Å²) in [7, 11) is 1.30. The first-order chi connectivity index (χ1) is 19.5. The number of likely N-dealkylation sites (N-methyl/N-ethyl adjacent to an activating group) is 1. The lowest BCUT2D eigenvalue weighted by Gasteiger charge is -2.30. The van der Waals surface area contributed by atoms with Crippen LogP contribution in [0.1, 0.15) is 149 Å². The fraction of sp³-hybridized carbons (Fsp3) is 0.969. The number of hydrogen-bond acceptors (Lipinski definition) is 6. The van der Waals surface area contributed by atoms with Crippen molar-refractivity contribution in [3.8, 4) is 0 Å². The lowest BCUT2D eigenvalue weighted by Crippen LogP contribution is -2.46. The summed E-state index contributed by atoms with van der Waals surface area (Å²) < 4.78 is 22.8. The van der Waals surface area contributed by atoms with Gasteiger partial charge in [-0.3, -0.25) is 9.36 Å². The van der Waals surface area contributed by atoms with Crippen LogP contribution >= 0.6 is 7.82 Å². The topological polar surface area (TPSA) is 108 Å². The predicted octanol–water partition coefficient (Wildman–Crippen LogP) is 7.27. The van der Waals surface area contributed by atoms with Crippen LogP contribution in [-0.2, 0) is 18.4 Å². The zero-order valence-electron chi connectivity index (χ0n) is 27.5. The van der Waals surface area contributed by atoms with E-state index in [9.17, 15) is 19.4 Å². The zero-order valence-corrected chi connectivity index (χ0v) is 28.4. The van der Waals surface area contributed by atoms with Crippen LogP contribution < -0.4 is 10.2 Å². The van der Waals surface area contributed by atoms with Gasteiger partial charge in [-0.15, -0.1) is 0 Å². The van der Waals surface area contributed by atoms with Gasteiger partial charge in [0.1, 0.15) is 13.2 Å². The number of unbranched alkanes of at least 4 members (excludes halogenated alkanes) is 17. The molecule has 0 saturated heterocycles. The summed E-state index contributed by atoms with van der Waals surface area (Å²) >= 11 is 0. The van der Waals surface area contributed by atoms with Gasteiger partial charge in [0.05, 0.1) is 39.9 Å². The molecular formula is C32H67N2O6P. The Morgan fingerprint density at radius 2 is 1.20 bits per heavy atom. The Hall–Kier alpha value is -0.500. The molecule has 8 nitrogen and oxygen atoms in total. The number of hydrogen-bond donors (Lipinski definition) is 2. The molecule has 41 heavy (non-hydrogen) atoms. The van der Waals surface area contributed by atoms with Gasteiger partial charge in [0.15, 0.2) is 0 Å². The molecule has 0 spiro atoms. The van der Waals surface area contributed by atoms with Gasteiger partial charge in [-0.05, 0) is 12.8 Å². The van der Waals surface area contributed by atoms with Crippen LogP contribution in [0.15, 0.2) is 0 Å². The smallest absolute Gasteiger partial charge is 0.268 e. The number of quaternary nitrogens is 1. The highest BCUT2D eigenvalue weighted by molar-refractivity contribution is 7.45. The molecule has 0 bridgehead atoms. The minimum absolute atomic E-state index is 0.0135. The fourth-order valence-electron chi connectivity index (χ4n) is 4.80. The highest BCUT2D eigenvalue weighted by Crippen LogP contribution is 2.38. The molecule has 0 aliphatic carbocycles. The average Bonchev–Trinajstić information content (AvgIpc) is 2.90. The number of aliphatic hydroxyl groups excluding tert-OH is 1. The van der Waals surface area contributed by atoms with Crippen LogP contribution in [0.5, 0.6) is 0 Å². The molecule has 0 aliphatic rings. The number of rotatable bonds is 30. The van der Waals surface area contributed by atoms with Crippen molar-refractivity contribution in [1.29, 1.82) is 0 Å². The van der Waals surface area contributed by atoms with Crippen molar-refractivity contribution < 1.29 is 32.9 Å². The monoisotopic (exact) mass is 606 g/mol. The second-order valence-corrected chi connectivity index (χ2v) is 14.3. The second-order valence-electron chi connectivity index (χ2n) is 12.9. The minimum Gasteiger partial charge on any atom is -0.756 e. The molecule has 3 unspecified atom stereocenters. The van der Waals surface area contributed by atoms with E-state index in [1.54, 1.807) is 0 Å². The SMILES string of the molecule is CCCCCCCCCCCCCCCCCCC(=O)NC(COP(=O)([O-])OCC[N+](C)(C)C)C(O)CCCCC. The molecule has 2 N–H and O–H groups in total. The van der Waals surface area contributed by atoms with Gasteiger partial charge in [-0.1, -0.05) is 129 Å². The van der Waals surface area contributed by atoms with Gasteiger partial charge in [-0.2, -0.15) is 0 Å². The number of amides is 1. The van der Waals surface area contributed by atoms with E-state index in [0.717, 1.165) is 38.5 Å². The maximum Gasteiger partial charge on any atom is 0.268 e. The second kappa shape index (κ2) is 25.9. The van der Waals surface area contributed by atoms with Crippen molar-refractivity contribution in [3.05, 3.63) is 0 Å². The third-order valence-electron chi connectivity index (χ3n) is 7.60. The van der Waals surface area contributed by atoms with Gasteiger partial charge in [0.2, 0.25) is 5.91 Å². The molecule has 0 rings (SSSR count). The number of nitrogens with one attached hydrogen (secondary N) is 1. The van der Waals surface area contributed by atoms with Crippen molar-refractivity contribution in [2.75, 3.05) is 40.9 Å². The quantitative estimate of drug-likeness (QED) is 0.0506. The van der Waals surface area contributed by atoms with Crippen LogP contribution in [0.3, 0.4) is 0 Å². The molecule has 0 heterocycles. The largest absolute Gasteiger partial charge is 0.756 e. The predicted molar refractivity (Wildman–Crippen MR) is 169 cm³/mol. The molecule has 0 saturated carbocycles. The van der Waals surface area contributed by atoms with E-state index in [-0.39, 0.29) is 19.1 Å². The van der Waals surface area contributed by atoms with E-state index in [1.165, 1.54) is 83.5 Å². The third-order valence-corrected chi connectivity index (χ3v) is 8.56. The lowest BCUT2D eigenvalue weighted by molar-refractivity contribution is -0.870. The van der Waals surface area contributed by atoms with E-state index in [1.807, 2.05) is 21.1 Å². The summed E-state index contributed by atoms with van der Waals surface area (Å²) in [5.74, 6) is -0.176. The Kier molecular flexibility index (Phi) is 25.6. The summed E-state index contributed by atoms with van der Waals surface area (Å²) in [6, 6.07) is -0.787. The van der Waals surface area contributed by atoms with Crippen molar-refractivity contribution >= 4 is 13.7 Å². The minimum atomic E-state index is -4.52. The van der Waals surface area contributed by atoms with Gasteiger partial charge in [0.25, 0.3) is 7.82 Å². The molecular weight excluding hydrogens is 539 g/mol. The first kappa shape index (κ1) is 40.5. The first-order valence-corrected chi connectivity index (χ1v) is 18.3. The van der Waals surface area contributed by atoms with E-state index in [0.29, 0.717) is 23.9 Å². The summed E-state index contributed by atoms with van der Waals surface area (Å²) in [6.07, 6.45) is 23.2. The number of phosphoric acid groups is 1. The Labute approximate surface area is 253 Å². The van der Waals surface area contributed by atoms with Crippen molar-refractivity contribution in [1.82, 2.24) is 5.32 Å². The summed E-state index contributed by atoms with van der Waals surface area (Å²) in [4.78, 5) is 24.8. The number of nitrogens with zero attached hydrogens (tertiary/aromatic N) is 1. The summed E-state index contributed by atoms with van der Waals surface area (Å²) in [6.45, 7) is 4.53. The normalized spacial score (nSPS) is 15.0. The van der Waals surface area contributed by atoms with Crippen molar-refractivity contribution in [2.24, 2.45) is 0 Å². The van der Waals surface area contributed by atoms with E-state index in [2.05, 4.69) is 19.2 Å². The van der Waals surface area contributed by atoms with Crippen LogP contribution in [-0.4, -0.2) is 68.5 Å². The zero-order chi connectivity index (χ0) is 30.8. The van der Waals surface area contributed by atoms with Crippen LogP contribution in [0.2, 0.25) is 0 Å². The maximum atomic E-state index is 12.6. The van der Waals surface area contributed by atoms with E-state index in [4.69, 9.17) is 9.05 Å². The van der Waals surface area contributed by atoms with Gasteiger partial charge < -0.3 is 28.8 Å². The van der Waals surface area contributed by atoms with Crippen molar-refractivity contribution in [3.63, 3.8) is 0 Å². The van der Waals surface area contributed by atoms with Gasteiger partial charge in [0, 0.05) is 6.42 Å². The molecule has 0 fully saturated rings. The highest BCUT2D eigenvalue weighted by Gasteiger charge is 2.24. The van der Waals surface area contributed by atoms with Crippen LogP contribution in [0.4, 0.5) is 0 Å². The van der Waals surface area contributed by atoms with Gasteiger partial charge >= 0.3 is 0 Å². The maximum absolute atomic E-state index is 12.6. The Bertz CT molecular complexity index is 659. The number of aliphatic hydroxyl groups is 1. The van der Waals surface area contributed by atoms with E-state index < -0.39 is 20.0 Å². The molecule has 0 aromatic rings. The number of carbonyl (C=O) groups is 1. The molecule has 9 heteroatoms. The standard InChI is InChI=1S/C32H67N2O6P/c1-6-8-10-11-12-13-14-15-16-17-18-19-20-21-22-24-26-32(36)33-30(31(35)25-23-9-7-2)29-40-41(37,38)39-28-27-34(3,4)5/h30-31,35H,6-29H2,1-5H3,(H-,33,36,37,38). The molecule has 1 amide bonds. The van der Waals surface area contributed by atoms with Crippen LogP contribution in [0, 0.1) is 0 Å². The highest BCUT2D eigenvalue weighted by atomic mass is 31.2. The molecule has 0 radical (unpaired) electrons. The Morgan fingerprint density at radius 3 is 1.66 bits per heavy atom. The molecule has 0 aromatic heterocycles. The molecule has 0 aromatic carbocycles. The average molecular weight is 607 g/mol. The van der Waals surface area contributed by atoms with Crippen molar-refractivity contribution in [2.45, 2.75) is 161 Å². The van der Waals surface area contributed by atoms with E-state index >= 15 is 0 Å². The summed E-state index contributed by atoms with van der Waals surface area (Å²) in [5.41, 5.74) is 0.